The quantitative estimate of drug-likeness (QED) is 0.785. The van der Waals surface area contributed by atoms with Gasteiger partial charge in [0.2, 0.25) is 10.0 Å². The van der Waals surface area contributed by atoms with Crippen LogP contribution in [0.25, 0.3) is 0 Å². The van der Waals surface area contributed by atoms with Crippen molar-refractivity contribution in [1.29, 1.82) is 0 Å². The summed E-state index contributed by atoms with van der Waals surface area (Å²) in [4.78, 5) is 0.374. The van der Waals surface area contributed by atoms with E-state index in [2.05, 4.69) is 34.6 Å². The van der Waals surface area contributed by atoms with Crippen LogP contribution in [0.5, 0.6) is 0 Å². The van der Waals surface area contributed by atoms with Crippen LogP contribution in [-0.2, 0) is 10.0 Å². The number of rotatable bonds is 4. The molecule has 2 unspecified atom stereocenters. The fourth-order valence-electron chi connectivity index (χ4n) is 3.65. The standard InChI is InChI=1S/C19H25N3O2S/c1-12-9-14(3)19(15(4)10-12)25(23,24)22-18-11-17(20-21-18)16-8-6-5-7-13(16)2/h5-10,17-18,20-22H,11H2,1-4H3. The molecule has 0 spiro atoms. The minimum absolute atomic E-state index is 0.0779. The molecule has 2 aromatic carbocycles. The highest BCUT2D eigenvalue weighted by molar-refractivity contribution is 7.89. The number of nitrogens with one attached hydrogen (secondary N) is 3. The molecule has 1 aliphatic rings. The van der Waals surface area contributed by atoms with Gasteiger partial charge in [-0.2, -0.15) is 4.72 Å². The van der Waals surface area contributed by atoms with Crippen molar-refractivity contribution >= 4 is 10.0 Å². The van der Waals surface area contributed by atoms with E-state index in [1.54, 1.807) is 0 Å². The smallest absolute Gasteiger partial charge is 0.242 e. The molecule has 134 valence electrons. The van der Waals surface area contributed by atoms with Crippen LogP contribution in [0.4, 0.5) is 0 Å². The first kappa shape index (κ1) is 18.1. The van der Waals surface area contributed by atoms with E-state index in [0.29, 0.717) is 11.3 Å². The minimum Gasteiger partial charge on any atom is -0.249 e. The molecule has 0 radical (unpaired) electrons. The molecule has 25 heavy (non-hydrogen) atoms. The predicted molar refractivity (Wildman–Crippen MR) is 99.6 cm³/mol. The van der Waals surface area contributed by atoms with Crippen molar-refractivity contribution in [3.05, 3.63) is 64.2 Å². The minimum atomic E-state index is -3.59. The third-order valence-corrected chi connectivity index (χ3v) is 6.41. The zero-order valence-corrected chi connectivity index (χ0v) is 15.9. The van der Waals surface area contributed by atoms with Crippen molar-refractivity contribution in [1.82, 2.24) is 15.6 Å². The largest absolute Gasteiger partial charge is 0.249 e. The summed E-state index contributed by atoms with van der Waals surface area (Å²) in [7, 11) is -3.59. The molecule has 3 N–H and O–H groups in total. The van der Waals surface area contributed by atoms with Crippen molar-refractivity contribution in [3.8, 4) is 0 Å². The molecule has 0 bridgehead atoms. The Morgan fingerprint density at radius 1 is 0.960 bits per heavy atom. The zero-order valence-electron chi connectivity index (χ0n) is 15.1. The molecule has 0 saturated carbocycles. The Morgan fingerprint density at radius 3 is 2.24 bits per heavy atom. The molecule has 2 atom stereocenters. The molecule has 1 fully saturated rings. The average Bonchev–Trinajstić information content (AvgIpc) is 2.93. The number of hydrogen-bond donors (Lipinski definition) is 3. The fraction of sp³-hybridized carbons (Fsp3) is 0.368. The Bertz CT molecular complexity index is 870. The second-order valence-corrected chi connectivity index (χ2v) is 8.49. The van der Waals surface area contributed by atoms with Gasteiger partial charge in [-0.15, -0.1) is 0 Å². The molecular weight excluding hydrogens is 334 g/mol. The Morgan fingerprint density at radius 2 is 1.60 bits per heavy atom. The van der Waals surface area contributed by atoms with Crippen molar-refractivity contribution < 1.29 is 8.42 Å². The second-order valence-electron chi connectivity index (χ2n) is 6.84. The number of hydrogen-bond acceptors (Lipinski definition) is 4. The highest BCUT2D eigenvalue weighted by Gasteiger charge is 2.30. The molecule has 1 saturated heterocycles. The van der Waals surface area contributed by atoms with Crippen LogP contribution in [0, 0.1) is 27.7 Å². The summed E-state index contributed by atoms with van der Waals surface area (Å²) in [6.45, 7) is 7.71. The van der Waals surface area contributed by atoms with Gasteiger partial charge in [-0.05, 0) is 56.4 Å². The van der Waals surface area contributed by atoms with Gasteiger partial charge in [0.25, 0.3) is 0 Å². The van der Waals surface area contributed by atoms with Crippen LogP contribution < -0.4 is 15.6 Å². The molecule has 5 nitrogen and oxygen atoms in total. The lowest BCUT2D eigenvalue weighted by Crippen LogP contribution is -2.44. The predicted octanol–water partition coefficient (Wildman–Crippen LogP) is 2.76. The number of benzene rings is 2. The Labute approximate surface area is 149 Å². The van der Waals surface area contributed by atoms with E-state index in [9.17, 15) is 8.42 Å². The van der Waals surface area contributed by atoms with Crippen LogP contribution in [-0.4, -0.2) is 14.6 Å². The lowest BCUT2D eigenvalue weighted by Gasteiger charge is -2.17. The molecule has 0 aliphatic carbocycles. The third-order valence-electron chi connectivity index (χ3n) is 4.64. The number of sulfonamides is 1. The summed E-state index contributed by atoms with van der Waals surface area (Å²) in [5, 5.41) is 0. The average molecular weight is 359 g/mol. The molecule has 1 aliphatic heterocycles. The maximum Gasteiger partial charge on any atom is 0.242 e. The van der Waals surface area contributed by atoms with Crippen molar-refractivity contribution in [2.45, 2.75) is 51.2 Å². The maximum atomic E-state index is 12.9. The van der Waals surface area contributed by atoms with Crippen LogP contribution >= 0.6 is 0 Å². The monoisotopic (exact) mass is 359 g/mol. The summed E-state index contributed by atoms with van der Waals surface area (Å²) in [6.07, 6.45) is 0.295. The van der Waals surface area contributed by atoms with E-state index < -0.39 is 10.0 Å². The second kappa shape index (κ2) is 6.88. The SMILES string of the molecule is Cc1cc(C)c(S(=O)(=O)NC2CC(c3ccccc3C)NN2)c(C)c1. The fourth-order valence-corrected chi connectivity index (χ4v) is 5.26. The highest BCUT2D eigenvalue weighted by Crippen LogP contribution is 2.26. The van der Waals surface area contributed by atoms with Gasteiger partial charge in [0.05, 0.1) is 11.1 Å². The summed E-state index contributed by atoms with van der Waals surface area (Å²) in [5.74, 6) is 0. The van der Waals surface area contributed by atoms with Gasteiger partial charge in [-0.25, -0.2) is 19.3 Å². The first-order chi connectivity index (χ1) is 11.8. The number of aryl methyl sites for hydroxylation is 4. The Kier molecular flexibility index (Phi) is 4.97. The summed E-state index contributed by atoms with van der Waals surface area (Å²) in [6, 6.07) is 12.0. The van der Waals surface area contributed by atoms with Gasteiger partial charge in [0.15, 0.2) is 0 Å². The zero-order chi connectivity index (χ0) is 18.2. The third kappa shape index (κ3) is 3.77. The number of hydrazine groups is 1. The molecular formula is C19H25N3O2S. The van der Waals surface area contributed by atoms with Crippen molar-refractivity contribution in [2.24, 2.45) is 0 Å². The molecule has 0 aromatic heterocycles. The molecule has 2 aromatic rings. The van der Waals surface area contributed by atoms with E-state index in [1.807, 2.05) is 45.0 Å². The summed E-state index contributed by atoms with van der Waals surface area (Å²) < 4.78 is 28.5. The van der Waals surface area contributed by atoms with E-state index in [0.717, 1.165) is 16.7 Å². The maximum absolute atomic E-state index is 12.9. The topological polar surface area (TPSA) is 70.2 Å². The van der Waals surface area contributed by atoms with Crippen LogP contribution in [0.1, 0.15) is 40.3 Å². The van der Waals surface area contributed by atoms with Crippen LogP contribution in [0.15, 0.2) is 41.3 Å². The van der Waals surface area contributed by atoms with E-state index in [1.165, 1.54) is 11.1 Å². The van der Waals surface area contributed by atoms with Crippen LogP contribution in [0.3, 0.4) is 0 Å². The lowest BCUT2D eigenvalue weighted by molar-refractivity contribution is 0.504. The van der Waals surface area contributed by atoms with E-state index >= 15 is 0 Å². The first-order valence-electron chi connectivity index (χ1n) is 8.44. The van der Waals surface area contributed by atoms with Crippen molar-refractivity contribution in [2.75, 3.05) is 0 Å². The normalized spacial score (nSPS) is 20.8. The summed E-state index contributed by atoms with van der Waals surface area (Å²) >= 11 is 0. The molecule has 1 heterocycles. The van der Waals surface area contributed by atoms with E-state index in [-0.39, 0.29) is 12.2 Å². The van der Waals surface area contributed by atoms with Crippen molar-refractivity contribution in [3.63, 3.8) is 0 Å². The molecule has 0 amide bonds. The van der Waals surface area contributed by atoms with Gasteiger partial charge in [-0.1, -0.05) is 42.0 Å². The van der Waals surface area contributed by atoms with Gasteiger partial charge >= 0.3 is 0 Å². The molecule has 6 heteroatoms. The van der Waals surface area contributed by atoms with Gasteiger partial charge in [0.1, 0.15) is 0 Å². The highest BCUT2D eigenvalue weighted by atomic mass is 32.2. The van der Waals surface area contributed by atoms with Crippen LogP contribution in [0.2, 0.25) is 0 Å². The summed E-state index contributed by atoms with van der Waals surface area (Å²) in [5.41, 5.74) is 11.2. The lowest BCUT2D eigenvalue weighted by atomic mass is 10.00. The first-order valence-corrected chi connectivity index (χ1v) is 9.93. The van der Waals surface area contributed by atoms with Gasteiger partial charge in [0, 0.05) is 6.04 Å². The Hall–Kier alpha value is -1.73. The van der Waals surface area contributed by atoms with E-state index in [4.69, 9.17) is 0 Å². The Balaban J connectivity index is 1.78. The van der Waals surface area contributed by atoms with Gasteiger partial charge < -0.3 is 0 Å². The molecule has 3 rings (SSSR count). The van der Waals surface area contributed by atoms with Gasteiger partial charge in [-0.3, -0.25) is 0 Å².